The van der Waals surface area contributed by atoms with Gasteiger partial charge in [-0.15, -0.1) is 0 Å². The zero-order chi connectivity index (χ0) is 14.8. The fourth-order valence-electron chi connectivity index (χ4n) is 2.15. The number of aromatic nitrogens is 1. The number of carbonyl (C=O) groups excluding carboxylic acids is 1. The van der Waals surface area contributed by atoms with E-state index in [4.69, 9.17) is 0 Å². The fraction of sp³-hybridized carbons (Fsp3) is 0.0588. The number of para-hydroxylation sites is 1. The third kappa shape index (κ3) is 2.60. The average molecular weight is 280 g/mol. The molecule has 1 heterocycles. The number of hydrogen-bond acceptors (Lipinski definition) is 2. The summed E-state index contributed by atoms with van der Waals surface area (Å²) in [5, 5.41) is 0.801. The second-order valence-electron chi connectivity index (χ2n) is 4.73. The Kier molecular flexibility index (Phi) is 3.36. The number of pyridine rings is 1. The van der Waals surface area contributed by atoms with Gasteiger partial charge in [0.1, 0.15) is 11.5 Å². The van der Waals surface area contributed by atoms with E-state index in [0.717, 1.165) is 11.1 Å². The van der Waals surface area contributed by atoms with Gasteiger partial charge in [-0.25, -0.2) is 9.37 Å². The molecule has 0 saturated carbocycles. The third-order valence-electron chi connectivity index (χ3n) is 3.32. The smallest absolute Gasteiger partial charge is 0.276 e. The van der Waals surface area contributed by atoms with Gasteiger partial charge in [-0.1, -0.05) is 24.3 Å². The third-order valence-corrected chi connectivity index (χ3v) is 3.32. The fourth-order valence-corrected chi connectivity index (χ4v) is 2.15. The first-order valence-corrected chi connectivity index (χ1v) is 6.54. The molecule has 1 aromatic heterocycles. The van der Waals surface area contributed by atoms with Gasteiger partial charge >= 0.3 is 0 Å². The molecule has 1 amide bonds. The minimum absolute atomic E-state index is 0.229. The quantitative estimate of drug-likeness (QED) is 0.718. The number of nitrogens with zero attached hydrogens (tertiary/aromatic N) is 2. The Bertz CT molecular complexity index is 802. The van der Waals surface area contributed by atoms with E-state index in [9.17, 15) is 9.18 Å². The summed E-state index contributed by atoms with van der Waals surface area (Å²) in [7, 11) is 1.69. The minimum atomic E-state index is -0.365. The molecule has 0 saturated heterocycles. The zero-order valence-corrected chi connectivity index (χ0v) is 11.5. The van der Waals surface area contributed by atoms with Crippen molar-refractivity contribution in [2.75, 3.05) is 11.9 Å². The van der Waals surface area contributed by atoms with Gasteiger partial charge in [0.15, 0.2) is 0 Å². The zero-order valence-electron chi connectivity index (χ0n) is 11.5. The number of carbonyl (C=O) groups is 1. The van der Waals surface area contributed by atoms with Gasteiger partial charge < -0.3 is 4.90 Å². The molecule has 0 aliphatic carbocycles. The number of fused-ring (bicyclic) bond motifs is 1. The summed E-state index contributed by atoms with van der Waals surface area (Å²) in [6.07, 6.45) is 0. The molecule has 0 spiro atoms. The van der Waals surface area contributed by atoms with Crippen molar-refractivity contribution in [3.05, 3.63) is 72.2 Å². The second-order valence-corrected chi connectivity index (χ2v) is 4.73. The largest absolute Gasteiger partial charge is 0.310 e. The maximum Gasteiger partial charge on any atom is 0.276 e. The molecule has 0 radical (unpaired) electrons. The highest BCUT2D eigenvalue weighted by Crippen LogP contribution is 2.17. The maximum absolute atomic E-state index is 13.3. The second kappa shape index (κ2) is 5.32. The van der Waals surface area contributed by atoms with E-state index in [-0.39, 0.29) is 11.7 Å². The van der Waals surface area contributed by atoms with Crippen molar-refractivity contribution in [3.63, 3.8) is 0 Å². The number of hydrogen-bond donors (Lipinski definition) is 0. The van der Waals surface area contributed by atoms with Crippen LogP contribution < -0.4 is 4.90 Å². The van der Waals surface area contributed by atoms with Crippen LogP contribution in [0.1, 0.15) is 10.5 Å². The van der Waals surface area contributed by atoms with Crippen LogP contribution in [-0.2, 0) is 0 Å². The van der Waals surface area contributed by atoms with Crippen molar-refractivity contribution >= 4 is 22.5 Å². The van der Waals surface area contributed by atoms with Crippen molar-refractivity contribution in [1.82, 2.24) is 4.98 Å². The van der Waals surface area contributed by atoms with Crippen LogP contribution in [0.4, 0.5) is 10.1 Å². The summed E-state index contributed by atoms with van der Waals surface area (Å²) in [5.74, 6) is -0.594. The molecule has 3 nitrogen and oxygen atoms in total. The minimum Gasteiger partial charge on any atom is -0.310 e. The van der Waals surface area contributed by atoms with E-state index in [1.54, 1.807) is 25.2 Å². The van der Waals surface area contributed by atoms with Crippen LogP contribution in [0.15, 0.2) is 60.7 Å². The van der Waals surface area contributed by atoms with Crippen LogP contribution in [0.5, 0.6) is 0 Å². The lowest BCUT2D eigenvalue weighted by molar-refractivity contribution is 0.0988. The number of amides is 1. The van der Waals surface area contributed by atoms with Crippen LogP contribution in [0.3, 0.4) is 0 Å². The van der Waals surface area contributed by atoms with Gasteiger partial charge in [-0.05, 0) is 30.3 Å². The van der Waals surface area contributed by atoms with Crippen molar-refractivity contribution in [3.8, 4) is 0 Å². The van der Waals surface area contributed by atoms with Crippen molar-refractivity contribution < 1.29 is 9.18 Å². The predicted molar refractivity (Wildman–Crippen MR) is 80.9 cm³/mol. The van der Waals surface area contributed by atoms with Gasteiger partial charge in [-0.3, -0.25) is 4.79 Å². The Labute approximate surface area is 121 Å². The summed E-state index contributed by atoms with van der Waals surface area (Å²) in [6, 6.07) is 17.1. The van der Waals surface area contributed by atoms with Gasteiger partial charge in [0, 0.05) is 24.2 Å². The maximum atomic E-state index is 13.3. The summed E-state index contributed by atoms with van der Waals surface area (Å²) in [6.45, 7) is 0. The molecule has 0 aliphatic rings. The molecule has 3 rings (SSSR count). The molecule has 104 valence electrons. The first kappa shape index (κ1) is 13.2. The van der Waals surface area contributed by atoms with Gasteiger partial charge in [-0.2, -0.15) is 0 Å². The van der Waals surface area contributed by atoms with Gasteiger partial charge in [0.25, 0.3) is 5.91 Å². The molecule has 0 atom stereocenters. The first-order chi connectivity index (χ1) is 10.1. The van der Waals surface area contributed by atoms with E-state index in [2.05, 4.69) is 4.98 Å². The Morgan fingerprint density at radius 3 is 2.52 bits per heavy atom. The number of benzene rings is 2. The van der Waals surface area contributed by atoms with Gasteiger partial charge in [0.2, 0.25) is 0 Å². The Morgan fingerprint density at radius 1 is 1.05 bits per heavy atom. The van der Waals surface area contributed by atoms with Crippen LogP contribution in [-0.4, -0.2) is 17.9 Å². The highest BCUT2D eigenvalue weighted by Gasteiger charge is 2.15. The lowest BCUT2D eigenvalue weighted by atomic mass is 10.2. The molecule has 0 aliphatic heterocycles. The van der Waals surface area contributed by atoms with Crippen molar-refractivity contribution in [1.29, 1.82) is 0 Å². The number of halogens is 1. The number of anilines is 1. The topological polar surface area (TPSA) is 33.2 Å². The molecule has 4 heteroatoms. The molecule has 2 aromatic carbocycles. The Morgan fingerprint density at radius 2 is 1.76 bits per heavy atom. The molecule has 21 heavy (non-hydrogen) atoms. The molecule has 0 N–H and O–H groups in total. The summed E-state index contributed by atoms with van der Waals surface area (Å²) < 4.78 is 13.3. The monoisotopic (exact) mass is 280 g/mol. The standard InChI is InChI=1S/C17H13FN2O/c1-20(14-5-3-2-4-6-14)17(21)15-10-8-12-7-9-13(18)11-16(12)19-15/h2-11H,1H3. The molecular weight excluding hydrogens is 267 g/mol. The van der Waals surface area contributed by atoms with Crippen LogP contribution in [0.25, 0.3) is 10.9 Å². The van der Waals surface area contributed by atoms with E-state index in [1.807, 2.05) is 30.3 Å². The van der Waals surface area contributed by atoms with Crippen molar-refractivity contribution in [2.45, 2.75) is 0 Å². The van der Waals surface area contributed by atoms with E-state index >= 15 is 0 Å². The first-order valence-electron chi connectivity index (χ1n) is 6.54. The Hall–Kier alpha value is -2.75. The summed E-state index contributed by atoms with van der Waals surface area (Å²) in [5.41, 5.74) is 1.55. The van der Waals surface area contributed by atoms with Crippen LogP contribution in [0, 0.1) is 5.82 Å². The average Bonchev–Trinajstić information content (AvgIpc) is 2.53. The van der Waals surface area contributed by atoms with Crippen LogP contribution in [0.2, 0.25) is 0 Å². The van der Waals surface area contributed by atoms with Crippen LogP contribution >= 0.6 is 0 Å². The summed E-state index contributed by atoms with van der Waals surface area (Å²) in [4.78, 5) is 18.2. The molecular formula is C17H13FN2O. The van der Waals surface area contributed by atoms with Crippen molar-refractivity contribution in [2.24, 2.45) is 0 Å². The summed E-state index contributed by atoms with van der Waals surface area (Å²) >= 11 is 0. The predicted octanol–water partition coefficient (Wildman–Crippen LogP) is 3.65. The highest BCUT2D eigenvalue weighted by atomic mass is 19.1. The van der Waals surface area contributed by atoms with Gasteiger partial charge in [0.05, 0.1) is 5.52 Å². The highest BCUT2D eigenvalue weighted by molar-refractivity contribution is 6.05. The molecule has 3 aromatic rings. The van der Waals surface area contributed by atoms with E-state index in [0.29, 0.717) is 11.2 Å². The normalized spacial score (nSPS) is 10.6. The SMILES string of the molecule is CN(C(=O)c1ccc2ccc(F)cc2n1)c1ccccc1. The molecule has 0 unspecified atom stereocenters. The molecule has 0 bridgehead atoms. The Balaban J connectivity index is 1.98. The number of rotatable bonds is 2. The van der Waals surface area contributed by atoms with E-state index in [1.165, 1.54) is 17.0 Å². The lowest BCUT2D eigenvalue weighted by Gasteiger charge is -2.16. The lowest BCUT2D eigenvalue weighted by Crippen LogP contribution is -2.26. The van der Waals surface area contributed by atoms with E-state index < -0.39 is 0 Å². The molecule has 0 fully saturated rings.